The van der Waals surface area contributed by atoms with Crippen LogP contribution in [0.3, 0.4) is 0 Å². The Balaban J connectivity index is 2.44. The minimum absolute atomic E-state index is 0.424. The normalized spacial score (nSPS) is 12.9. The van der Waals surface area contributed by atoms with Crippen molar-refractivity contribution in [1.29, 1.82) is 5.26 Å². The molecule has 9 heteroatoms. The number of alkyl halides is 3. The molecule has 0 saturated heterocycles. The van der Waals surface area contributed by atoms with Crippen molar-refractivity contribution in [3.8, 4) is 6.07 Å². The molecule has 0 aliphatic carbocycles. The van der Waals surface area contributed by atoms with Crippen molar-refractivity contribution < 1.29 is 21.6 Å². The van der Waals surface area contributed by atoms with Gasteiger partial charge in [0.15, 0.2) is 9.93 Å². The Morgan fingerprint density at radius 3 is 2.50 bits per heavy atom. The van der Waals surface area contributed by atoms with Gasteiger partial charge in [-0.15, -0.1) is 11.3 Å². The number of allylic oxidation sites excluding steroid dienone is 1. The molecule has 4 nitrogen and oxygen atoms in total. The summed E-state index contributed by atoms with van der Waals surface area (Å²) in [6.45, 7) is 0. The van der Waals surface area contributed by atoms with Crippen LogP contribution >= 0.6 is 11.3 Å². The predicted octanol–water partition coefficient (Wildman–Crippen LogP) is 3.50. The average Bonchev–Trinajstić information content (AvgIpc) is 2.96. The van der Waals surface area contributed by atoms with Crippen molar-refractivity contribution in [3.05, 3.63) is 51.2 Å². The number of hydrogen-bond acceptors (Lipinski definition) is 5. The highest BCUT2D eigenvalue weighted by atomic mass is 32.2. The van der Waals surface area contributed by atoms with Crippen LogP contribution in [-0.4, -0.2) is 13.4 Å². The minimum Gasteiger partial charge on any atom is -0.244 e. The summed E-state index contributed by atoms with van der Waals surface area (Å²) in [7, 11) is -4.26. The summed E-state index contributed by atoms with van der Waals surface area (Å²) in [5.74, 6) is 0. The zero-order chi connectivity index (χ0) is 16.4. The third-order valence-corrected chi connectivity index (χ3v) is 4.95. The molecule has 0 fully saturated rings. The van der Waals surface area contributed by atoms with E-state index in [0.717, 1.165) is 12.1 Å². The second kappa shape index (κ2) is 5.90. The Labute approximate surface area is 128 Å². The summed E-state index contributed by atoms with van der Waals surface area (Å²) in [5, 5.41) is 10.1. The number of thiophene rings is 1. The molecule has 0 aliphatic heterocycles. The molecule has 114 valence electrons. The molecule has 0 saturated carbocycles. The van der Waals surface area contributed by atoms with Crippen molar-refractivity contribution in [1.82, 2.24) is 4.98 Å². The topological polar surface area (TPSA) is 70.8 Å². The zero-order valence-electron chi connectivity index (χ0n) is 10.7. The van der Waals surface area contributed by atoms with E-state index < -0.39 is 31.5 Å². The highest BCUT2D eigenvalue weighted by Gasteiger charge is 2.32. The van der Waals surface area contributed by atoms with E-state index in [0.29, 0.717) is 17.1 Å². The molecule has 0 unspecified atom stereocenters. The SMILES string of the molecule is N#C/C(=C/c1cccs1)S(=O)(=O)c1ccc(C(F)(F)F)cn1. The molecule has 2 rings (SSSR count). The quantitative estimate of drug-likeness (QED) is 0.799. The summed E-state index contributed by atoms with van der Waals surface area (Å²) in [6.07, 6.45) is -3.04. The minimum atomic E-state index is -4.61. The van der Waals surface area contributed by atoms with E-state index in [1.807, 2.05) is 0 Å². The lowest BCUT2D eigenvalue weighted by molar-refractivity contribution is -0.137. The molecule has 22 heavy (non-hydrogen) atoms. The van der Waals surface area contributed by atoms with Gasteiger partial charge in [0.25, 0.3) is 0 Å². The smallest absolute Gasteiger partial charge is 0.244 e. The van der Waals surface area contributed by atoms with E-state index in [-0.39, 0.29) is 0 Å². The standard InChI is InChI=1S/C13H7F3N2O2S2/c14-13(15,16)9-3-4-12(18-8-9)22(19,20)11(7-17)6-10-2-1-5-21-10/h1-6,8H/b11-6-. The van der Waals surface area contributed by atoms with Crippen LogP contribution in [0.15, 0.2) is 45.8 Å². The van der Waals surface area contributed by atoms with Gasteiger partial charge in [0.05, 0.1) is 5.56 Å². The van der Waals surface area contributed by atoms with Crippen LogP contribution in [0.4, 0.5) is 13.2 Å². The van der Waals surface area contributed by atoms with E-state index in [1.165, 1.54) is 11.3 Å². The van der Waals surface area contributed by atoms with Gasteiger partial charge in [-0.05, 0) is 29.7 Å². The van der Waals surface area contributed by atoms with Gasteiger partial charge in [-0.1, -0.05) is 6.07 Å². The average molecular weight is 344 g/mol. The molecule has 2 aromatic rings. The fourth-order valence-electron chi connectivity index (χ4n) is 1.49. The molecule has 0 N–H and O–H groups in total. The molecule has 2 heterocycles. The summed E-state index contributed by atoms with van der Waals surface area (Å²) < 4.78 is 61.8. The van der Waals surface area contributed by atoms with Gasteiger partial charge in [-0.25, -0.2) is 13.4 Å². The monoisotopic (exact) mass is 344 g/mol. The number of aromatic nitrogens is 1. The van der Waals surface area contributed by atoms with Crippen LogP contribution in [-0.2, 0) is 16.0 Å². The van der Waals surface area contributed by atoms with Gasteiger partial charge in [-0.2, -0.15) is 18.4 Å². The van der Waals surface area contributed by atoms with E-state index >= 15 is 0 Å². The summed E-state index contributed by atoms with van der Waals surface area (Å²) >= 11 is 1.22. The van der Waals surface area contributed by atoms with Gasteiger partial charge >= 0.3 is 6.18 Å². The van der Waals surface area contributed by atoms with Crippen LogP contribution in [0.2, 0.25) is 0 Å². The maximum atomic E-state index is 12.4. The lowest BCUT2D eigenvalue weighted by Gasteiger charge is -2.07. The number of nitriles is 1. The van der Waals surface area contributed by atoms with Crippen LogP contribution in [0.1, 0.15) is 10.4 Å². The van der Waals surface area contributed by atoms with Crippen molar-refractivity contribution in [2.24, 2.45) is 0 Å². The van der Waals surface area contributed by atoms with Crippen molar-refractivity contribution in [2.75, 3.05) is 0 Å². The number of sulfone groups is 1. The van der Waals surface area contributed by atoms with Gasteiger partial charge < -0.3 is 0 Å². The van der Waals surface area contributed by atoms with E-state index in [4.69, 9.17) is 5.26 Å². The van der Waals surface area contributed by atoms with Gasteiger partial charge in [0, 0.05) is 11.1 Å². The number of pyridine rings is 1. The predicted molar refractivity (Wildman–Crippen MR) is 74.3 cm³/mol. The maximum absolute atomic E-state index is 12.4. The molecule has 0 radical (unpaired) electrons. The summed E-state index contributed by atoms with van der Waals surface area (Å²) in [4.78, 5) is 3.27. The second-order valence-corrected chi connectivity index (χ2v) is 6.87. The van der Waals surface area contributed by atoms with Crippen LogP contribution < -0.4 is 0 Å². The van der Waals surface area contributed by atoms with Crippen LogP contribution in [0.25, 0.3) is 6.08 Å². The Morgan fingerprint density at radius 2 is 2.05 bits per heavy atom. The molecule has 0 bridgehead atoms. The molecular weight excluding hydrogens is 337 g/mol. The molecular formula is C13H7F3N2O2S2. The highest BCUT2D eigenvalue weighted by molar-refractivity contribution is 7.95. The Bertz CT molecular complexity index is 831. The first-order valence-electron chi connectivity index (χ1n) is 5.69. The van der Waals surface area contributed by atoms with E-state index in [9.17, 15) is 21.6 Å². The van der Waals surface area contributed by atoms with E-state index in [2.05, 4.69) is 4.98 Å². The Hall–Kier alpha value is -2.18. The molecule has 2 aromatic heterocycles. The Morgan fingerprint density at radius 1 is 1.32 bits per heavy atom. The molecule has 0 amide bonds. The van der Waals surface area contributed by atoms with Crippen LogP contribution in [0.5, 0.6) is 0 Å². The van der Waals surface area contributed by atoms with Crippen molar-refractivity contribution in [2.45, 2.75) is 11.2 Å². The van der Waals surface area contributed by atoms with Gasteiger partial charge in [-0.3, -0.25) is 0 Å². The highest BCUT2D eigenvalue weighted by Crippen LogP contribution is 2.29. The zero-order valence-corrected chi connectivity index (χ0v) is 12.3. The number of halogens is 3. The first-order chi connectivity index (χ1) is 10.2. The number of hydrogen-bond donors (Lipinski definition) is 0. The van der Waals surface area contributed by atoms with Crippen LogP contribution in [0, 0.1) is 11.3 Å². The Kier molecular flexibility index (Phi) is 4.35. The summed E-state index contributed by atoms with van der Waals surface area (Å²) in [5.41, 5.74) is -1.06. The molecule has 0 aliphatic rings. The molecule has 0 spiro atoms. The third-order valence-electron chi connectivity index (χ3n) is 2.56. The fourth-order valence-corrected chi connectivity index (χ4v) is 3.29. The van der Waals surface area contributed by atoms with Gasteiger partial charge in [0.2, 0.25) is 9.84 Å². The lowest BCUT2D eigenvalue weighted by Crippen LogP contribution is -2.09. The summed E-state index contributed by atoms with van der Waals surface area (Å²) in [6, 6.07) is 6.17. The first-order valence-corrected chi connectivity index (χ1v) is 8.05. The fraction of sp³-hybridized carbons (Fsp3) is 0.0769. The molecule has 0 aromatic carbocycles. The maximum Gasteiger partial charge on any atom is 0.417 e. The van der Waals surface area contributed by atoms with Crippen molar-refractivity contribution in [3.63, 3.8) is 0 Å². The second-order valence-electron chi connectivity index (χ2n) is 4.02. The largest absolute Gasteiger partial charge is 0.417 e. The third kappa shape index (κ3) is 3.35. The van der Waals surface area contributed by atoms with Crippen molar-refractivity contribution >= 4 is 27.3 Å². The lowest BCUT2D eigenvalue weighted by atomic mass is 10.3. The van der Waals surface area contributed by atoms with E-state index in [1.54, 1.807) is 23.6 Å². The first kappa shape index (κ1) is 16.2. The number of nitrogens with zero attached hydrogens (tertiary/aromatic N) is 2. The molecule has 0 atom stereocenters. The number of rotatable bonds is 3. The van der Waals surface area contributed by atoms with Gasteiger partial charge in [0.1, 0.15) is 6.07 Å².